The number of nitrogens with one attached hydrogen (secondary N) is 1. The summed E-state index contributed by atoms with van der Waals surface area (Å²) < 4.78 is 1.95. The van der Waals surface area contributed by atoms with Crippen LogP contribution < -0.4 is 5.32 Å². The third-order valence-electron chi connectivity index (χ3n) is 3.87. The van der Waals surface area contributed by atoms with E-state index in [4.69, 9.17) is 0 Å². The van der Waals surface area contributed by atoms with E-state index in [9.17, 15) is 0 Å². The molecule has 0 bridgehead atoms. The summed E-state index contributed by atoms with van der Waals surface area (Å²) in [6.07, 6.45) is 8.51. The van der Waals surface area contributed by atoms with Gasteiger partial charge in [-0.2, -0.15) is 0 Å². The maximum atomic E-state index is 4.07. The minimum Gasteiger partial charge on any atom is -0.316 e. The van der Waals surface area contributed by atoms with Crippen LogP contribution in [0, 0.1) is 5.92 Å². The van der Waals surface area contributed by atoms with Crippen molar-refractivity contribution in [1.29, 1.82) is 0 Å². The maximum Gasteiger partial charge on any atom is 0.0728 e. The number of rotatable bonds is 5. The van der Waals surface area contributed by atoms with Crippen LogP contribution in [0.3, 0.4) is 0 Å². The van der Waals surface area contributed by atoms with Crippen LogP contribution in [0.4, 0.5) is 0 Å². The molecule has 4 nitrogen and oxygen atoms in total. The SMILES string of the molecule is CCCNCC1CCCCC1c1cnnn1C. The normalized spacial score (nSPS) is 25.1. The zero-order valence-electron chi connectivity index (χ0n) is 11.0. The molecular formula is C13H24N4. The molecule has 17 heavy (non-hydrogen) atoms. The highest BCUT2D eigenvalue weighted by atomic mass is 15.4. The molecule has 0 saturated heterocycles. The molecule has 2 unspecified atom stereocenters. The molecule has 0 amide bonds. The zero-order chi connectivity index (χ0) is 12.1. The molecular weight excluding hydrogens is 212 g/mol. The van der Waals surface area contributed by atoms with Crippen molar-refractivity contribution < 1.29 is 0 Å². The Balaban J connectivity index is 1.99. The third kappa shape index (κ3) is 3.06. The fourth-order valence-electron chi connectivity index (χ4n) is 2.94. The number of hydrogen-bond donors (Lipinski definition) is 1. The lowest BCUT2D eigenvalue weighted by Gasteiger charge is -2.31. The van der Waals surface area contributed by atoms with Gasteiger partial charge in [0.15, 0.2) is 0 Å². The van der Waals surface area contributed by atoms with E-state index in [2.05, 4.69) is 22.6 Å². The van der Waals surface area contributed by atoms with Crippen molar-refractivity contribution in [3.8, 4) is 0 Å². The Labute approximate surface area is 104 Å². The minimum absolute atomic E-state index is 0.646. The monoisotopic (exact) mass is 236 g/mol. The van der Waals surface area contributed by atoms with Gasteiger partial charge in [0, 0.05) is 13.0 Å². The van der Waals surface area contributed by atoms with Crippen molar-refractivity contribution in [1.82, 2.24) is 20.3 Å². The molecule has 2 rings (SSSR count). The highest BCUT2D eigenvalue weighted by Crippen LogP contribution is 2.36. The molecule has 1 aliphatic carbocycles. The number of aryl methyl sites for hydroxylation is 1. The van der Waals surface area contributed by atoms with Gasteiger partial charge >= 0.3 is 0 Å². The average molecular weight is 236 g/mol. The summed E-state index contributed by atoms with van der Waals surface area (Å²) in [6, 6.07) is 0. The van der Waals surface area contributed by atoms with Gasteiger partial charge in [0.25, 0.3) is 0 Å². The van der Waals surface area contributed by atoms with Gasteiger partial charge in [0.1, 0.15) is 0 Å². The van der Waals surface area contributed by atoms with Crippen molar-refractivity contribution in [2.45, 2.75) is 44.9 Å². The first kappa shape index (κ1) is 12.6. The van der Waals surface area contributed by atoms with E-state index in [1.54, 1.807) is 0 Å². The molecule has 0 aromatic carbocycles. The lowest BCUT2D eigenvalue weighted by molar-refractivity contribution is 0.286. The molecule has 1 saturated carbocycles. The smallest absolute Gasteiger partial charge is 0.0728 e. The number of aromatic nitrogens is 3. The van der Waals surface area contributed by atoms with Crippen molar-refractivity contribution in [3.63, 3.8) is 0 Å². The predicted molar refractivity (Wildman–Crippen MR) is 68.9 cm³/mol. The summed E-state index contributed by atoms with van der Waals surface area (Å²) in [7, 11) is 2.01. The minimum atomic E-state index is 0.646. The van der Waals surface area contributed by atoms with Crippen LogP contribution in [-0.2, 0) is 7.05 Å². The van der Waals surface area contributed by atoms with Crippen molar-refractivity contribution in [2.24, 2.45) is 13.0 Å². The Morgan fingerprint density at radius 3 is 2.94 bits per heavy atom. The van der Waals surface area contributed by atoms with Gasteiger partial charge in [-0.15, -0.1) is 5.10 Å². The molecule has 1 aliphatic rings. The lowest BCUT2D eigenvalue weighted by atomic mass is 9.77. The summed E-state index contributed by atoms with van der Waals surface area (Å²) in [6.45, 7) is 4.49. The first-order valence-corrected chi connectivity index (χ1v) is 6.88. The van der Waals surface area contributed by atoms with Gasteiger partial charge in [-0.05, 0) is 38.3 Å². The topological polar surface area (TPSA) is 42.7 Å². The van der Waals surface area contributed by atoms with Crippen molar-refractivity contribution in [3.05, 3.63) is 11.9 Å². The van der Waals surface area contributed by atoms with E-state index < -0.39 is 0 Å². The van der Waals surface area contributed by atoms with Crippen LogP contribution >= 0.6 is 0 Å². The Bertz CT molecular complexity index is 334. The molecule has 0 radical (unpaired) electrons. The van der Waals surface area contributed by atoms with Crippen LogP contribution in [-0.4, -0.2) is 28.1 Å². The molecule has 0 spiro atoms. The summed E-state index contributed by atoms with van der Waals surface area (Å²) in [5, 5.41) is 11.7. The van der Waals surface area contributed by atoms with E-state index in [0.29, 0.717) is 5.92 Å². The standard InChI is InChI=1S/C13H24N4/c1-3-8-14-9-11-6-4-5-7-12(11)13-10-15-16-17(13)2/h10-12,14H,3-9H2,1-2H3. The van der Waals surface area contributed by atoms with E-state index in [1.165, 1.54) is 37.8 Å². The summed E-state index contributed by atoms with van der Waals surface area (Å²) >= 11 is 0. The van der Waals surface area contributed by atoms with E-state index in [-0.39, 0.29) is 0 Å². The van der Waals surface area contributed by atoms with Gasteiger partial charge in [0.05, 0.1) is 11.9 Å². The molecule has 1 fully saturated rings. The Kier molecular flexibility index (Phi) is 4.54. The highest BCUT2D eigenvalue weighted by molar-refractivity contribution is 5.06. The van der Waals surface area contributed by atoms with E-state index in [1.807, 2.05) is 17.9 Å². The average Bonchev–Trinajstić information content (AvgIpc) is 2.76. The molecule has 0 aliphatic heterocycles. The molecule has 96 valence electrons. The largest absolute Gasteiger partial charge is 0.316 e. The van der Waals surface area contributed by atoms with Gasteiger partial charge < -0.3 is 5.32 Å². The molecule has 1 heterocycles. The van der Waals surface area contributed by atoms with Gasteiger partial charge in [-0.1, -0.05) is 25.0 Å². The highest BCUT2D eigenvalue weighted by Gasteiger charge is 2.28. The van der Waals surface area contributed by atoms with Gasteiger partial charge in [0.2, 0.25) is 0 Å². The number of hydrogen-bond acceptors (Lipinski definition) is 3. The van der Waals surface area contributed by atoms with Crippen molar-refractivity contribution >= 4 is 0 Å². The molecule has 2 atom stereocenters. The van der Waals surface area contributed by atoms with Gasteiger partial charge in [-0.25, -0.2) is 0 Å². The molecule has 1 aromatic rings. The zero-order valence-corrected chi connectivity index (χ0v) is 11.0. The molecule has 4 heteroatoms. The van der Waals surface area contributed by atoms with E-state index in [0.717, 1.165) is 19.0 Å². The Hall–Kier alpha value is -0.900. The second-order valence-electron chi connectivity index (χ2n) is 5.14. The summed E-state index contributed by atoms with van der Waals surface area (Å²) in [4.78, 5) is 0. The maximum absolute atomic E-state index is 4.07. The second-order valence-corrected chi connectivity index (χ2v) is 5.14. The fourth-order valence-corrected chi connectivity index (χ4v) is 2.94. The first-order chi connectivity index (χ1) is 8.33. The van der Waals surface area contributed by atoms with Crippen LogP contribution in [0.15, 0.2) is 6.20 Å². The quantitative estimate of drug-likeness (QED) is 0.796. The van der Waals surface area contributed by atoms with Gasteiger partial charge in [-0.3, -0.25) is 4.68 Å². The fraction of sp³-hybridized carbons (Fsp3) is 0.846. The third-order valence-corrected chi connectivity index (χ3v) is 3.87. The van der Waals surface area contributed by atoms with Crippen molar-refractivity contribution in [2.75, 3.05) is 13.1 Å². The predicted octanol–water partition coefficient (Wildman–Crippen LogP) is 2.09. The van der Waals surface area contributed by atoms with Crippen LogP contribution in [0.1, 0.15) is 50.6 Å². The van der Waals surface area contributed by atoms with Crippen LogP contribution in [0.25, 0.3) is 0 Å². The molecule has 1 N–H and O–H groups in total. The number of nitrogens with zero attached hydrogens (tertiary/aromatic N) is 3. The second kappa shape index (κ2) is 6.15. The van der Waals surface area contributed by atoms with E-state index >= 15 is 0 Å². The summed E-state index contributed by atoms with van der Waals surface area (Å²) in [5.74, 6) is 1.40. The lowest BCUT2D eigenvalue weighted by Crippen LogP contribution is -2.30. The first-order valence-electron chi connectivity index (χ1n) is 6.88. The van der Waals surface area contributed by atoms with Crippen LogP contribution in [0.5, 0.6) is 0 Å². The Morgan fingerprint density at radius 1 is 1.41 bits per heavy atom. The van der Waals surface area contributed by atoms with Crippen LogP contribution in [0.2, 0.25) is 0 Å². The molecule has 1 aromatic heterocycles. The summed E-state index contributed by atoms with van der Waals surface area (Å²) in [5.41, 5.74) is 1.31. The Morgan fingerprint density at radius 2 is 2.24 bits per heavy atom.